The van der Waals surface area contributed by atoms with Crippen molar-refractivity contribution in [3.63, 3.8) is 0 Å². The Morgan fingerprint density at radius 2 is 1.96 bits per heavy atom. The summed E-state index contributed by atoms with van der Waals surface area (Å²) in [5, 5.41) is 0.571. The molecule has 0 atom stereocenters. The number of anilines is 1. The van der Waals surface area contributed by atoms with Gasteiger partial charge in [-0.25, -0.2) is 9.37 Å². The van der Waals surface area contributed by atoms with Crippen molar-refractivity contribution < 1.29 is 13.9 Å². The lowest BCUT2D eigenvalue weighted by Crippen LogP contribution is -2.33. The van der Waals surface area contributed by atoms with E-state index in [-0.39, 0.29) is 24.1 Å². The highest BCUT2D eigenvalue weighted by atomic mass is 35.5. The lowest BCUT2D eigenvalue weighted by Gasteiger charge is -2.21. The standard InChI is InChI=1S/C20H22FN3O2S.ClH/c1-23(2)10-5-11-24(19(25)14-6-4-7-16(12-14)26-3)20-22-17-9-8-15(21)13-18(17)27-20;/h4,6-9,12-13H,5,10-11H2,1-3H3;1H. The number of thiazole rings is 1. The van der Waals surface area contributed by atoms with Crippen LogP contribution in [0.25, 0.3) is 10.2 Å². The Bertz CT molecular complexity index is 948. The smallest absolute Gasteiger partial charge is 0.260 e. The van der Waals surface area contributed by atoms with Gasteiger partial charge in [0.2, 0.25) is 0 Å². The molecule has 150 valence electrons. The normalized spacial score (nSPS) is 10.8. The summed E-state index contributed by atoms with van der Waals surface area (Å²) in [5.74, 6) is 0.170. The number of nitrogens with zero attached hydrogens (tertiary/aromatic N) is 3. The Morgan fingerprint density at radius 3 is 2.68 bits per heavy atom. The van der Waals surface area contributed by atoms with E-state index in [2.05, 4.69) is 9.88 Å². The van der Waals surface area contributed by atoms with Crippen LogP contribution in [0.15, 0.2) is 42.5 Å². The number of fused-ring (bicyclic) bond motifs is 1. The summed E-state index contributed by atoms with van der Waals surface area (Å²) in [4.78, 5) is 21.5. The highest BCUT2D eigenvalue weighted by molar-refractivity contribution is 7.22. The van der Waals surface area contributed by atoms with Crippen LogP contribution in [-0.4, -0.2) is 50.1 Å². The molecule has 5 nitrogen and oxygen atoms in total. The number of hydrogen-bond donors (Lipinski definition) is 0. The molecule has 2 aromatic carbocycles. The first-order chi connectivity index (χ1) is 13.0. The van der Waals surface area contributed by atoms with Crippen LogP contribution in [-0.2, 0) is 0 Å². The van der Waals surface area contributed by atoms with Gasteiger partial charge in [0.25, 0.3) is 5.91 Å². The molecule has 0 radical (unpaired) electrons. The first kappa shape index (κ1) is 22.1. The number of carbonyl (C=O) groups excluding carboxylic acids is 1. The first-order valence-corrected chi connectivity index (χ1v) is 9.46. The van der Waals surface area contributed by atoms with Gasteiger partial charge in [0.05, 0.1) is 17.3 Å². The molecule has 0 saturated carbocycles. The molecule has 0 aliphatic heterocycles. The Morgan fingerprint density at radius 1 is 1.18 bits per heavy atom. The van der Waals surface area contributed by atoms with E-state index in [0.717, 1.165) is 17.7 Å². The highest BCUT2D eigenvalue weighted by Gasteiger charge is 2.21. The maximum absolute atomic E-state index is 13.5. The lowest BCUT2D eigenvalue weighted by atomic mass is 10.2. The maximum Gasteiger partial charge on any atom is 0.260 e. The average Bonchev–Trinajstić information content (AvgIpc) is 3.07. The van der Waals surface area contributed by atoms with E-state index in [1.165, 1.54) is 23.5 Å². The topological polar surface area (TPSA) is 45.7 Å². The van der Waals surface area contributed by atoms with Crippen molar-refractivity contribution in [1.29, 1.82) is 0 Å². The van der Waals surface area contributed by atoms with E-state index in [0.29, 0.717) is 28.5 Å². The van der Waals surface area contributed by atoms with Crippen molar-refractivity contribution >= 4 is 45.0 Å². The lowest BCUT2D eigenvalue weighted by molar-refractivity contribution is 0.0985. The average molecular weight is 424 g/mol. The fraction of sp³-hybridized carbons (Fsp3) is 0.300. The fourth-order valence-corrected chi connectivity index (χ4v) is 3.76. The van der Waals surface area contributed by atoms with Crippen LogP contribution in [0.2, 0.25) is 0 Å². The minimum Gasteiger partial charge on any atom is -0.497 e. The summed E-state index contributed by atoms with van der Waals surface area (Å²) in [7, 11) is 5.56. The van der Waals surface area contributed by atoms with Crippen LogP contribution in [0.1, 0.15) is 16.8 Å². The van der Waals surface area contributed by atoms with Crippen molar-refractivity contribution in [2.45, 2.75) is 6.42 Å². The number of hydrogen-bond acceptors (Lipinski definition) is 5. The molecule has 0 unspecified atom stereocenters. The van der Waals surface area contributed by atoms with E-state index in [1.807, 2.05) is 14.1 Å². The SMILES string of the molecule is COc1cccc(C(=O)N(CCCN(C)C)c2nc3ccc(F)cc3s2)c1.Cl. The van der Waals surface area contributed by atoms with Crippen LogP contribution in [0.3, 0.4) is 0 Å². The number of ether oxygens (including phenoxy) is 1. The Hall–Kier alpha value is -2.22. The van der Waals surface area contributed by atoms with Gasteiger partial charge in [-0.2, -0.15) is 0 Å². The number of methoxy groups -OCH3 is 1. The number of benzene rings is 2. The number of aromatic nitrogens is 1. The predicted molar refractivity (Wildman–Crippen MR) is 115 cm³/mol. The molecule has 0 bridgehead atoms. The van der Waals surface area contributed by atoms with Crippen LogP contribution >= 0.6 is 23.7 Å². The van der Waals surface area contributed by atoms with Crippen molar-refractivity contribution in [3.05, 3.63) is 53.8 Å². The summed E-state index contributed by atoms with van der Waals surface area (Å²) >= 11 is 1.32. The third kappa shape index (κ3) is 5.19. The number of carbonyl (C=O) groups is 1. The molecule has 8 heteroatoms. The van der Waals surface area contributed by atoms with Crippen LogP contribution in [0, 0.1) is 5.82 Å². The number of amides is 1. The minimum atomic E-state index is -0.309. The van der Waals surface area contributed by atoms with Crippen molar-refractivity contribution in [2.75, 3.05) is 39.2 Å². The predicted octanol–water partition coefficient (Wildman–Crippen LogP) is 4.46. The van der Waals surface area contributed by atoms with Gasteiger partial charge >= 0.3 is 0 Å². The summed E-state index contributed by atoms with van der Waals surface area (Å²) in [6.45, 7) is 1.37. The van der Waals surface area contributed by atoms with Gasteiger partial charge in [-0.1, -0.05) is 17.4 Å². The highest BCUT2D eigenvalue weighted by Crippen LogP contribution is 2.30. The van der Waals surface area contributed by atoms with E-state index in [1.54, 1.807) is 42.3 Å². The largest absolute Gasteiger partial charge is 0.497 e. The second-order valence-electron chi connectivity index (χ2n) is 6.45. The molecule has 1 amide bonds. The zero-order valence-electron chi connectivity index (χ0n) is 16.0. The molecular weight excluding hydrogens is 401 g/mol. The Balaban J connectivity index is 0.00000280. The third-order valence-electron chi connectivity index (χ3n) is 4.12. The molecule has 0 N–H and O–H groups in total. The molecule has 3 rings (SSSR count). The number of halogens is 2. The monoisotopic (exact) mass is 423 g/mol. The molecule has 0 aliphatic rings. The first-order valence-electron chi connectivity index (χ1n) is 8.64. The molecule has 0 saturated heterocycles. The van der Waals surface area contributed by atoms with E-state index < -0.39 is 0 Å². The summed E-state index contributed by atoms with van der Waals surface area (Å²) in [6.07, 6.45) is 0.799. The van der Waals surface area contributed by atoms with Gasteiger partial charge in [-0.15, -0.1) is 12.4 Å². The minimum absolute atomic E-state index is 0. The molecule has 28 heavy (non-hydrogen) atoms. The zero-order chi connectivity index (χ0) is 19.4. The van der Waals surface area contributed by atoms with Gasteiger partial charge < -0.3 is 9.64 Å². The molecule has 3 aromatic rings. The van der Waals surface area contributed by atoms with Crippen molar-refractivity contribution in [3.8, 4) is 5.75 Å². The Labute approximate surface area is 174 Å². The second kappa shape index (κ2) is 9.82. The molecule has 0 aliphatic carbocycles. The van der Waals surface area contributed by atoms with Gasteiger partial charge in [0.1, 0.15) is 11.6 Å². The zero-order valence-corrected chi connectivity index (χ0v) is 17.6. The van der Waals surface area contributed by atoms with Crippen LogP contribution in [0.5, 0.6) is 5.75 Å². The van der Waals surface area contributed by atoms with Crippen molar-refractivity contribution in [2.24, 2.45) is 0 Å². The van der Waals surface area contributed by atoms with Gasteiger partial charge in [-0.3, -0.25) is 9.69 Å². The van der Waals surface area contributed by atoms with Crippen molar-refractivity contribution in [1.82, 2.24) is 9.88 Å². The summed E-state index contributed by atoms with van der Waals surface area (Å²) < 4.78 is 19.5. The molecule has 1 aromatic heterocycles. The summed E-state index contributed by atoms with van der Waals surface area (Å²) in [6, 6.07) is 11.5. The second-order valence-corrected chi connectivity index (χ2v) is 7.46. The van der Waals surface area contributed by atoms with Gasteiger partial charge in [-0.05, 0) is 63.5 Å². The van der Waals surface area contributed by atoms with Crippen LogP contribution < -0.4 is 9.64 Å². The van der Waals surface area contributed by atoms with E-state index in [9.17, 15) is 9.18 Å². The molecule has 1 heterocycles. The molecule has 0 fully saturated rings. The van der Waals surface area contributed by atoms with E-state index >= 15 is 0 Å². The molecular formula is C20H23ClFN3O2S. The maximum atomic E-state index is 13.5. The van der Waals surface area contributed by atoms with Crippen LogP contribution in [0.4, 0.5) is 9.52 Å². The molecule has 0 spiro atoms. The quantitative estimate of drug-likeness (QED) is 0.562. The Kier molecular flexibility index (Phi) is 7.74. The number of rotatable bonds is 7. The van der Waals surface area contributed by atoms with Gasteiger partial charge in [0.15, 0.2) is 5.13 Å². The summed E-state index contributed by atoms with van der Waals surface area (Å²) in [5.41, 5.74) is 1.22. The van der Waals surface area contributed by atoms with E-state index in [4.69, 9.17) is 4.74 Å². The third-order valence-corrected chi connectivity index (χ3v) is 5.16. The van der Waals surface area contributed by atoms with Gasteiger partial charge in [0, 0.05) is 12.1 Å². The fourth-order valence-electron chi connectivity index (χ4n) is 2.74.